The minimum atomic E-state index is -3.61. The molecule has 0 radical (unpaired) electrons. The summed E-state index contributed by atoms with van der Waals surface area (Å²) in [5, 5.41) is 2.94. The molecule has 0 saturated carbocycles. The molecule has 0 spiro atoms. The van der Waals surface area contributed by atoms with Gasteiger partial charge in [0, 0.05) is 30.6 Å². The van der Waals surface area contributed by atoms with Gasteiger partial charge < -0.3 is 15.0 Å². The van der Waals surface area contributed by atoms with Gasteiger partial charge in [0.15, 0.2) is 6.04 Å². The van der Waals surface area contributed by atoms with Crippen LogP contribution in [0, 0.1) is 18.8 Å². The Morgan fingerprint density at radius 2 is 1.83 bits per heavy atom. The number of sulfonamides is 1. The number of benzene rings is 1. The number of hydrogen-bond donors (Lipinski definition) is 2. The molecule has 1 aromatic rings. The summed E-state index contributed by atoms with van der Waals surface area (Å²) in [5.41, 5.74) is 1.20. The highest BCUT2D eigenvalue weighted by Crippen LogP contribution is 2.24. The fourth-order valence-electron chi connectivity index (χ4n) is 4.50. The van der Waals surface area contributed by atoms with Gasteiger partial charge >= 0.3 is 0 Å². The van der Waals surface area contributed by atoms with E-state index in [4.69, 9.17) is 4.74 Å². The highest BCUT2D eigenvalue weighted by Gasteiger charge is 2.33. The monoisotopic (exact) mass is 424 g/mol. The number of rotatable bonds is 5. The van der Waals surface area contributed by atoms with E-state index in [9.17, 15) is 13.2 Å². The van der Waals surface area contributed by atoms with Crippen LogP contribution in [0.3, 0.4) is 0 Å². The largest absolute Gasteiger partial charge is 0.379 e. The Bertz CT molecular complexity index is 826. The first-order valence-electron chi connectivity index (χ1n) is 10.5. The van der Waals surface area contributed by atoms with Crippen molar-refractivity contribution in [2.75, 3.05) is 44.7 Å². The first-order chi connectivity index (χ1) is 13.7. The highest BCUT2D eigenvalue weighted by atomic mass is 32.2. The van der Waals surface area contributed by atoms with Crippen molar-refractivity contribution in [1.82, 2.24) is 4.31 Å². The van der Waals surface area contributed by atoms with Crippen LogP contribution in [0.1, 0.15) is 32.8 Å². The van der Waals surface area contributed by atoms with Crippen LogP contribution in [0.25, 0.3) is 0 Å². The standard InChI is InChI=1S/C21H33N3O4S/c1-15-11-16(2)14-23(13-15)18(4)21(25)22-19-6-5-17(3)20(12-19)29(26,27)24-7-9-28-10-8-24/h5-6,12,15-16,18H,7-11,13-14H2,1-4H3,(H,22,25)/p+1/t15-,16-,18+/m0/s1. The third-order valence-electron chi connectivity index (χ3n) is 6.08. The molecule has 7 nitrogen and oxygen atoms in total. The van der Waals surface area contributed by atoms with Crippen molar-refractivity contribution in [2.24, 2.45) is 11.8 Å². The van der Waals surface area contributed by atoms with Crippen molar-refractivity contribution in [1.29, 1.82) is 0 Å². The maximum absolute atomic E-state index is 13.1. The summed E-state index contributed by atoms with van der Waals surface area (Å²) in [6.45, 7) is 11.7. The summed E-state index contributed by atoms with van der Waals surface area (Å²) in [4.78, 5) is 14.4. The first-order valence-corrected chi connectivity index (χ1v) is 12.0. The van der Waals surface area contributed by atoms with Gasteiger partial charge in [0.25, 0.3) is 5.91 Å². The fourth-order valence-corrected chi connectivity index (χ4v) is 6.16. The second-order valence-electron chi connectivity index (χ2n) is 8.72. The van der Waals surface area contributed by atoms with Gasteiger partial charge in [-0.3, -0.25) is 4.79 Å². The topological polar surface area (TPSA) is 80.2 Å². The van der Waals surface area contributed by atoms with Gasteiger partial charge in [-0.05, 0) is 38.0 Å². The van der Waals surface area contributed by atoms with E-state index in [0.29, 0.717) is 49.4 Å². The number of carbonyl (C=O) groups excluding carboxylic acids is 1. The Morgan fingerprint density at radius 1 is 1.21 bits per heavy atom. The molecule has 2 saturated heterocycles. The van der Waals surface area contributed by atoms with E-state index < -0.39 is 10.0 Å². The number of anilines is 1. The van der Waals surface area contributed by atoms with Crippen LogP contribution < -0.4 is 10.2 Å². The molecule has 1 aromatic carbocycles. The minimum absolute atomic E-state index is 0.0696. The van der Waals surface area contributed by atoms with E-state index in [1.165, 1.54) is 15.6 Å². The Morgan fingerprint density at radius 3 is 2.45 bits per heavy atom. The highest BCUT2D eigenvalue weighted by molar-refractivity contribution is 7.89. The lowest BCUT2D eigenvalue weighted by molar-refractivity contribution is -0.925. The van der Waals surface area contributed by atoms with Crippen molar-refractivity contribution in [3.8, 4) is 0 Å². The number of ether oxygens (including phenoxy) is 1. The molecule has 0 aliphatic carbocycles. The molecule has 8 heteroatoms. The average molecular weight is 425 g/mol. The van der Waals surface area contributed by atoms with E-state index in [-0.39, 0.29) is 16.8 Å². The van der Waals surface area contributed by atoms with Gasteiger partial charge in [0.1, 0.15) is 0 Å². The molecule has 1 amide bonds. The molecule has 0 aromatic heterocycles. The lowest BCUT2D eigenvalue weighted by Crippen LogP contribution is -3.18. The zero-order valence-electron chi connectivity index (χ0n) is 17.9. The molecule has 2 heterocycles. The maximum Gasteiger partial charge on any atom is 0.282 e. The maximum atomic E-state index is 13.1. The summed E-state index contributed by atoms with van der Waals surface area (Å²) in [7, 11) is -3.61. The summed E-state index contributed by atoms with van der Waals surface area (Å²) < 4.78 is 32.8. The van der Waals surface area contributed by atoms with Gasteiger partial charge in [-0.25, -0.2) is 8.42 Å². The molecule has 3 rings (SSSR count). The van der Waals surface area contributed by atoms with E-state index in [1.54, 1.807) is 25.1 Å². The number of carbonyl (C=O) groups is 1. The third kappa shape index (κ3) is 5.17. The lowest BCUT2D eigenvalue weighted by Gasteiger charge is -2.35. The quantitative estimate of drug-likeness (QED) is 0.736. The van der Waals surface area contributed by atoms with Gasteiger partial charge in [-0.1, -0.05) is 19.9 Å². The molecule has 2 aliphatic heterocycles. The van der Waals surface area contributed by atoms with E-state index in [2.05, 4.69) is 19.2 Å². The van der Waals surface area contributed by atoms with E-state index >= 15 is 0 Å². The number of nitrogens with one attached hydrogen (secondary N) is 2. The Labute approximate surface area is 174 Å². The van der Waals surface area contributed by atoms with Crippen LogP contribution in [0.15, 0.2) is 23.1 Å². The zero-order valence-corrected chi connectivity index (χ0v) is 18.7. The van der Waals surface area contributed by atoms with Crippen molar-refractivity contribution >= 4 is 21.6 Å². The molecule has 0 unspecified atom stereocenters. The lowest BCUT2D eigenvalue weighted by atomic mass is 9.91. The summed E-state index contributed by atoms with van der Waals surface area (Å²) in [6, 6.07) is 4.93. The van der Waals surface area contributed by atoms with E-state index in [1.807, 2.05) is 6.92 Å². The van der Waals surface area contributed by atoms with Gasteiger partial charge in [0.2, 0.25) is 10.0 Å². The van der Waals surface area contributed by atoms with Crippen LogP contribution in [0.2, 0.25) is 0 Å². The molecule has 29 heavy (non-hydrogen) atoms. The summed E-state index contributed by atoms with van der Waals surface area (Å²) in [6.07, 6.45) is 1.21. The van der Waals surface area contributed by atoms with Crippen molar-refractivity contribution in [2.45, 2.75) is 45.1 Å². The SMILES string of the molecule is Cc1ccc(NC(=O)[C@@H](C)[NH+]2C[C@@H](C)C[C@H](C)C2)cc1S(=O)(=O)N1CCOCC1. The first kappa shape index (κ1) is 22.2. The number of quaternary nitrogens is 1. The van der Waals surface area contributed by atoms with E-state index in [0.717, 1.165) is 13.1 Å². The van der Waals surface area contributed by atoms with Gasteiger partial charge in [-0.2, -0.15) is 4.31 Å². The molecule has 0 bridgehead atoms. The number of aryl methyl sites for hydroxylation is 1. The summed E-state index contributed by atoms with van der Waals surface area (Å²) >= 11 is 0. The smallest absolute Gasteiger partial charge is 0.282 e. The van der Waals surface area contributed by atoms with Gasteiger partial charge in [-0.15, -0.1) is 0 Å². The van der Waals surface area contributed by atoms with Crippen LogP contribution in [-0.4, -0.2) is 64.1 Å². The molecule has 2 aliphatic rings. The van der Waals surface area contributed by atoms with Crippen LogP contribution in [0.4, 0.5) is 5.69 Å². The normalized spacial score (nSPS) is 27.4. The molecular formula is C21H34N3O4S+. The second kappa shape index (κ2) is 9.12. The molecule has 2 fully saturated rings. The predicted octanol–water partition coefficient (Wildman–Crippen LogP) is 0.904. The fraction of sp³-hybridized carbons (Fsp3) is 0.667. The molecule has 2 N–H and O–H groups in total. The zero-order chi connectivity index (χ0) is 21.2. The summed E-state index contributed by atoms with van der Waals surface area (Å²) in [5.74, 6) is 1.14. The minimum Gasteiger partial charge on any atom is -0.379 e. The van der Waals surface area contributed by atoms with Crippen LogP contribution in [0.5, 0.6) is 0 Å². The van der Waals surface area contributed by atoms with Crippen LogP contribution >= 0.6 is 0 Å². The second-order valence-corrected chi connectivity index (χ2v) is 10.6. The van der Waals surface area contributed by atoms with Crippen LogP contribution in [-0.2, 0) is 19.6 Å². The number of morpholine rings is 1. The Hall–Kier alpha value is -1.48. The van der Waals surface area contributed by atoms with Crippen molar-refractivity contribution in [3.05, 3.63) is 23.8 Å². The number of nitrogens with zero attached hydrogens (tertiary/aromatic N) is 1. The Balaban J connectivity index is 1.74. The number of hydrogen-bond acceptors (Lipinski definition) is 4. The molecular weight excluding hydrogens is 390 g/mol. The van der Waals surface area contributed by atoms with Gasteiger partial charge in [0.05, 0.1) is 31.2 Å². The van der Waals surface area contributed by atoms with Crippen molar-refractivity contribution < 1.29 is 22.8 Å². The predicted molar refractivity (Wildman–Crippen MR) is 112 cm³/mol. The van der Waals surface area contributed by atoms with Crippen molar-refractivity contribution in [3.63, 3.8) is 0 Å². The molecule has 3 atom stereocenters. The number of likely N-dealkylation sites (tertiary alicyclic amines) is 1. The average Bonchev–Trinajstić information content (AvgIpc) is 2.68. The number of piperidine rings is 1. The Kier molecular flexibility index (Phi) is 6.98. The molecule has 162 valence electrons. The number of amides is 1. The third-order valence-corrected chi connectivity index (χ3v) is 8.12.